The third kappa shape index (κ3) is 3.59. The molecule has 136 valence electrons. The number of aromatic nitrogens is 3. The van der Waals surface area contributed by atoms with Gasteiger partial charge in [0.25, 0.3) is 0 Å². The van der Waals surface area contributed by atoms with E-state index in [4.69, 9.17) is 0 Å². The number of hydrogen-bond donors (Lipinski definition) is 1. The fraction of sp³-hybridized carbons (Fsp3) is 0.150. The van der Waals surface area contributed by atoms with E-state index in [0.29, 0.717) is 11.4 Å². The number of amides is 1. The van der Waals surface area contributed by atoms with Crippen molar-refractivity contribution < 1.29 is 9.18 Å². The van der Waals surface area contributed by atoms with E-state index in [1.165, 1.54) is 35.6 Å². The maximum absolute atomic E-state index is 12.9. The molecule has 0 saturated heterocycles. The van der Waals surface area contributed by atoms with Gasteiger partial charge in [-0.25, -0.2) is 14.4 Å². The molecule has 27 heavy (non-hydrogen) atoms. The number of nitrogens with zero attached hydrogens (tertiary/aromatic N) is 3. The molecular weight excluding hydrogens is 363 g/mol. The van der Waals surface area contributed by atoms with Crippen LogP contribution in [-0.2, 0) is 17.8 Å². The molecule has 0 fully saturated rings. The third-order valence-electron chi connectivity index (χ3n) is 4.23. The summed E-state index contributed by atoms with van der Waals surface area (Å²) in [5.74, 6) is -0.519. The highest BCUT2D eigenvalue weighted by atomic mass is 32.1. The van der Waals surface area contributed by atoms with Crippen molar-refractivity contribution in [3.8, 4) is 10.6 Å². The molecular formula is C20H17FN4OS. The Balaban J connectivity index is 1.54. The maximum atomic E-state index is 12.9. The van der Waals surface area contributed by atoms with E-state index >= 15 is 0 Å². The van der Waals surface area contributed by atoms with E-state index in [0.717, 1.165) is 28.1 Å². The molecule has 1 N–H and O–H groups in total. The SMILES string of the molecule is CCn1cc(-c2nc(CC(=O)Nc3ccc(F)cc3)cs2)c2cccnc21. The van der Waals surface area contributed by atoms with Gasteiger partial charge in [-0.2, -0.15) is 0 Å². The first-order valence-corrected chi connectivity index (χ1v) is 9.46. The average molecular weight is 380 g/mol. The number of fused-ring (bicyclic) bond motifs is 1. The number of rotatable bonds is 5. The van der Waals surface area contributed by atoms with Crippen LogP contribution in [0.2, 0.25) is 0 Å². The summed E-state index contributed by atoms with van der Waals surface area (Å²) in [4.78, 5) is 21.3. The van der Waals surface area contributed by atoms with Crippen LogP contribution in [0.15, 0.2) is 54.2 Å². The number of thiazole rings is 1. The van der Waals surface area contributed by atoms with Crippen molar-refractivity contribution in [1.29, 1.82) is 0 Å². The number of nitrogens with one attached hydrogen (secondary N) is 1. The van der Waals surface area contributed by atoms with Gasteiger partial charge in [-0.15, -0.1) is 11.3 Å². The van der Waals surface area contributed by atoms with Crippen LogP contribution >= 0.6 is 11.3 Å². The molecule has 0 bridgehead atoms. The van der Waals surface area contributed by atoms with Gasteiger partial charge in [-0.05, 0) is 43.3 Å². The topological polar surface area (TPSA) is 59.8 Å². The Hall–Kier alpha value is -3.06. The number of benzene rings is 1. The molecule has 0 spiro atoms. The quantitative estimate of drug-likeness (QED) is 0.555. The summed E-state index contributed by atoms with van der Waals surface area (Å²) < 4.78 is 15.0. The molecule has 0 atom stereocenters. The zero-order valence-corrected chi connectivity index (χ0v) is 15.5. The predicted octanol–water partition coefficient (Wildman–Crippen LogP) is 4.50. The van der Waals surface area contributed by atoms with Gasteiger partial charge >= 0.3 is 0 Å². The highest BCUT2D eigenvalue weighted by Crippen LogP contribution is 2.32. The number of aryl methyl sites for hydroxylation is 1. The van der Waals surface area contributed by atoms with Crippen molar-refractivity contribution >= 4 is 34.0 Å². The number of pyridine rings is 1. The molecule has 4 aromatic rings. The smallest absolute Gasteiger partial charge is 0.230 e. The Kier molecular flexibility index (Phi) is 4.68. The molecule has 0 unspecified atom stereocenters. The standard InChI is InChI=1S/C20H17FN4OS/c1-2-25-11-17(16-4-3-9-22-19(16)25)20-24-15(12-27-20)10-18(26)23-14-7-5-13(21)6-8-14/h3-9,11-12H,2,10H2,1H3,(H,23,26). The van der Waals surface area contributed by atoms with E-state index in [1.807, 2.05) is 17.5 Å². The summed E-state index contributed by atoms with van der Waals surface area (Å²) in [7, 11) is 0. The van der Waals surface area contributed by atoms with Gasteiger partial charge in [-0.3, -0.25) is 4.79 Å². The molecule has 4 rings (SSSR count). The van der Waals surface area contributed by atoms with E-state index in [1.54, 1.807) is 6.20 Å². The molecule has 0 saturated carbocycles. The van der Waals surface area contributed by atoms with Gasteiger partial charge in [0.2, 0.25) is 5.91 Å². The zero-order valence-electron chi connectivity index (χ0n) is 14.6. The van der Waals surface area contributed by atoms with Crippen LogP contribution in [0.4, 0.5) is 10.1 Å². The highest BCUT2D eigenvalue weighted by molar-refractivity contribution is 7.13. The predicted molar refractivity (Wildman–Crippen MR) is 105 cm³/mol. The molecule has 0 radical (unpaired) electrons. The lowest BCUT2D eigenvalue weighted by Crippen LogP contribution is -2.14. The van der Waals surface area contributed by atoms with E-state index in [-0.39, 0.29) is 18.1 Å². The van der Waals surface area contributed by atoms with Crippen molar-refractivity contribution in [3.63, 3.8) is 0 Å². The number of halogens is 1. The first-order valence-electron chi connectivity index (χ1n) is 8.58. The van der Waals surface area contributed by atoms with Crippen LogP contribution in [0.1, 0.15) is 12.6 Å². The average Bonchev–Trinajstić information content (AvgIpc) is 3.27. The van der Waals surface area contributed by atoms with Crippen molar-refractivity contribution in [2.24, 2.45) is 0 Å². The summed E-state index contributed by atoms with van der Waals surface area (Å²) in [6.07, 6.45) is 4.00. The van der Waals surface area contributed by atoms with Crippen LogP contribution in [0.3, 0.4) is 0 Å². The summed E-state index contributed by atoms with van der Waals surface area (Å²) in [5.41, 5.74) is 3.22. The minimum Gasteiger partial charge on any atom is -0.332 e. The Morgan fingerprint density at radius 3 is 2.85 bits per heavy atom. The molecule has 3 aromatic heterocycles. The fourth-order valence-electron chi connectivity index (χ4n) is 2.95. The molecule has 3 heterocycles. The van der Waals surface area contributed by atoms with Crippen LogP contribution in [0, 0.1) is 5.82 Å². The largest absolute Gasteiger partial charge is 0.332 e. The van der Waals surface area contributed by atoms with Gasteiger partial charge in [0.05, 0.1) is 12.1 Å². The van der Waals surface area contributed by atoms with Crippen molar-refractivity contribution in [2.45, 2.75) is 19.9 Å². The molecule has 1 aromatic carbocycles. The van der Waals surface area contributed by atoms with Crippen LogP contribution < -0.4 is 5.32 Å². The Morgan fingerprint density at radius 1 is 1.26 bits per heavy atom. The summed E-state index contributed by atoms with van der Waals surface area (Å²) in [5, 5.41) is 6.57. The molecule has 0 aliphatic rings. The lowest BCUT2D eigenvalue weighted by atomic mass is 10.2. The van der Waals surface area contributed by atoms with Crippen LogP contribution in [0.5, 0.6) is 0 Å². The zero-order chi connectivity index (χ0) is 18.8. The molecule has 0 aliphatic heterocycles. The van der Waals surface area contributed by atoms with E-state index in [2.05, 4.69) is 33.0 Å². The second-order valence-electron chi connectivity index (χ2n) is 6.08. The van der Waals surface area contributed by atoms with Gasteiger partial charge in [0.1, 0.15) is 16.5 Å². The van der Waals surface area contributed by atoms with Crippen molar-refractivity contribution in [2.75, 3.05) is 5.32 Å². The monoisotopic (exact) mass is 380 g/mol. The summed E-state index contributed by atoms with van der Waals surface area (Å²) in [6.45, 7) is 2.90. The fourth-order valence-corrected chi connectivity index (χ4v) is 3.79. The van der Waals surface area contributed by atoms with E-state index < -0.39 is 0 Å². The van der Waals surface area contributed by atoms with Gasteiger partial charge < -0.3 is 9.88 Å². The summed E-state index contributed by atoms with van der Waals surface area (Å²) in [6, 6.07) is 9.64. The lowest BCUT2D eigenvalue weighted by Gasteiger charge is -2.03. The third-order valence-corrected chi connectivity index (χ3v) is 5.15. The van der Waals surface area contributed by atoms with E-state index in [9.17, 15) is 9.18 Å². The first kappa shape index (κ1) is 17.4. The molecule has 5 nitrogen and oxygen atoms in total. The second kappa shape index (κ2) is 7.28. The van der Waals surface area contributed by atoms with Gasteiger partial charge in [0.15, 0.2) is 0 Å². The summed E-state index contributed by atoms with van der Waals surface area (Å²) >= 11 is 1.51. The van der Waals surface area contributed by atoms with Gasteiger partial charge in [0, 0.05) is 41.0 Å². The lowest BCUT2D eigenvalue weighted by molar-refractivity contribution is -0.115. The highest BCUT2D eigenvalue weighted by Gasteiger charge is 2.15. The number of anilines is 1. The molecule has 7 heteroatoms. The second-order valence-corrected chi connectivity index (χ2v) is 6.94. The Labute approximate surface area is 159 Å². The Morgan fingerprint density at radius 2 is 2.07 bits per heavy atom. The number of carbonyl (C=O) groups excluding carboxylic acids is 1. The minimum absolute atomic E-state index is 0.165. The molecule has 1 amide bonds. The first-order chi connectivity index (χ1) is 13.1. The maximum Gasteiger partial charge on any atom is 0.230 e. The van der Waals surface area contributed by atoms with Crippen LogP contribution in [-0.4, -0.2) is 20.4 Å². The Bertz CT molecular complexity index is 1100. The number of hydrogen-bond acceptors (Lipinski definition) is 4. The van der Waals surface area contributed by atoms with Gasteiger partial charge in [-0.1, -0.05) is 0 Å². The van der Waals surface area contributed by atoms with Crippen LogP contribution in [0.25, 0.3) is 21.6 Å². The van der Waals surface area contributed by atoms with Crippen molar-refractivity contribution in [1.82, 2.24) is 14.5 Å². The molecule has 0 aliphatic carbocycles. The number of carbonyl (C=O) groups is 1. The minimum atomic E-state index is -0.335. The normalized spacial score (nSPS) is 11.0. The van der Waals surface area contributed by atoms with Crippen molar-refractivity contribution in [3.05, 3.63) is 65.7 Å².